The minimum Gasteiger partial charge on any atom is -0.396 e. The van der Waals surface area contributed by atoms with Crippen molar-refractivity contribution in [1.29, 1.82) is 0 Å². The van der Waals surface area contributed by atoms with E-state index in [1.807, 2.05) is 37.1 Å². The van der Waals surface area contributed by atoms with Crippen LogP contribution in [0.3, 0.4) is 0 Å². The highest BCUT2D eigenvalue weighted by molar-refractivity contribution is 6.54. The number of rotatable bonds is 6. The molecule has 7 heteroatoms. The third-order valence-electron chi connectivity index (χ3n) is 5.55. The molecular weight excluding hydrogens is 337 g/mol. The van der Waals surface area contributed by atoms with E-state index in [1.165, 1.54) is 12.8 Å². The van der Waals surface area contributed by atoms with Crippen LogP contribution in [0.1, 0.15) is 42.9 Å². The predicted molar refractivity (Wildman–Crippen MR) is 108 cm³/mol. The van der Waals surface area contributed by atoms with Gasteiger partial charge in [0.25, 0.3) is 0 Å². The van der Waals surface area contributed by atoms with Crippen molar-refractivity contribution in [1.82, 2.24) is 19.6 Å². The molecule has 0 aliphatic heterocycles. The molecule has 1 saturated carbocycles. The Morgan fingerprint density at radius 1 is 1.30 bits per heavy atom. The van der Waals surface area contributed by atoms with E-state index in [4.69, 9.17) is 4.98 Å². The van der Waals surface area contributed by atoms with Gasteiger partial charge in [0, 0.05) is 49.4 Å². The minimum absolute atomic E-state index is 0.224. The van der Waals surface area contributed by atoms with E-state index >= 15 is 0 Å². The molecule has 0 bridgehead atoms. The summed E-state index contributed by atoms with van der Waals surface area (Å²) in [5, 5.41) is 17.9. The van der Waals surface area contributed by atoms with Gasteiger partial charge in [0.1, 0.15) is 5.82 Å². The molecule has 3 aromatic rings. The lowest BCUT2D eigenvalue weighted by Crippen LogP contribution is -2.23. The summed E-state index contributed by atoms with van der Waals surface area (Å²) in [5.74, 6) is 1.51. The lowest BCUT2D eigenvalue weighted by Gasteiger charge is -2.30. The van der Waals surface area contributed by atoms with Gasteiger partial charge in [0.2, 0.25) is 0 Å². The number of nitrogens with one attached hydrogen (secondary N) is 1. The van der Waals surface area contributed by atoms with Crippen LogP contribution in [0.2, 0.25) is 6.82 Å². The van der Waals surface area contributed by atoms with Crippen LogP contribution >= 0.6 is 0 Å². The first-order chi connectivity index (χ1) is 13.3. The van der Waals surface area contributed by atoms with Gasteiger partial charge in [0.15, 0.2) is 12.9 Å². The van der Waals surface area contributed by atoms with Crippen LogP contribution in [-0.2, 0) is 6.54 Å². The number of fused-ring (bicyclic) bond motifs is 1. The van der Waals surface area contributed by atoms with Crippen LogP contribution in [0.25, 0.3) is 5.65 Å². The number of hydrogen-bond donors (Lipinski definition) is 2. The predicted octanol–water partition coefficient (Wildman–Crippen LogP) is 2.38. The molecule has 139 valence electrons. The number of anilines is 1. The first-order valence-corrected chi connectivity index (χ1v) is 9.72. The van der Waals surface area contributed by atoms with Crippen molar-refractivity contribution in [2.75, 3.05) is 11.9 Å². The molecule has 3 aromatic heterocycles. The molecule has 0 spiro atoms. The fourth-order valence-corrected chi connectivity index (χ4v) is 4.03. The van der Waals surface area contributed by atoms with Gasteiger partial charge in [-0.3, -0.25) is 4.98 Å². The average Bonchev–Trinajstić information content (AvgIpc) is 3.16. The van der Waals surface area contributed by atoms with Gasteiger partial charge in [-0.1, -0.05) is 25.7 Å². The zero-order valence-corrected chi connectivity index (χ0v) is 15.7. The van der Waals surface area contributed by atoms with Gasteiger partial charge in [-0.25, -0.2) is 4.98 Å². The molecule has 1 radical (unpaired) electrons. The normalized spacial score (nSPS) is 19.9. The Hall–Kier alpha value is -2.41. The van der Waals surface area contributed by atoms with Crippen LogP contribution < -0.4 is 10.8 Å². The molecule has 4 rings (SSSR count). The fraction of sp³-hybridized carbons (Fsp3) is 0.450. The van der Waals surface area contributed by atoms with E-state index in [1.54, 1.807) is 6.20 Å². The maximum Gasteiger partial charge on any atom is 0.155 e. The van der Waals surface area contributed by atoms with Crippen LogP contribution in [0.4, 0.5) is 5.82 Å². The molecule has 0 saturated heterocycles. The van der Waals surface area contributed by atoms with Gasteiger partial charge in [-0.2, -0.15) is 9.61 Å². The molecular formula is C20H25BN5O. The molecule has 6 nitrogen and oxygen atoms in total. The van der Waals surface area contributed by atoms with Crippen LogP contribution in [0.5, 0.6) is 0 Å². The first-order valence-electron chi connectivity index (χ1n) is 9.72. The largest absolute Gasteiger partial charge is 0.396 e. The molecule has 27 heavy (non-hydrogen) atoms. The van der Waals surface area contributed by atoms with Crippen molar-refractivity contribution in [2.45, 2.75) is 45.0 Å². The van der Waals surface area contributed by atoms with E-state index < -0.39 is 0 Å². The Morgan fingerprint density at radius 2 is 2.19 bits per heavy atom. The van der Waals surface area contributed by atoms with Crippen molar-refractivity contribution in [3.63, 3.8) is 0 Å². The summed E-state index contributed by atoms with van der Waals surface area (Å²) >= 11 is 0. The fourth-order valence-electron chi connectivity index (χ4n) is 4.03. The lowest BCUT2D eigenvalue weighted by atomic mass is 9.75. The summed E-state index contributed by atoms with van der Waals surface area (Å²) in [6, 6.07) is 6.10. The quantitative estimate of drug-likeness (QED) is 0.659. The maximum atomic E-state index is 9.84. The first kappa shape index (κ1) is 18.0. The topological polar surface area (TPSA) is 75.3 Å². The smallest absolute Gasteiger partial charge is 0.155 e. The van der Waals surface area contributed by atoms with Crippen molar-refractivity contribution < 1.29 is 5.11 Å². The summed E-state index contributed by atoms with van der Waals surface area (Å²) in [5.41, 5.74) is 4.06. The number of aliphatic hydroxyl groups is 1. The number of nitrogens with zero attached hydrogens (tertiary/aromatic N) is 4. The van der Waals surface area contributed by atoms with Gasteiger partial charge in [-0.05, 0) is 35.9 Å². The monoisotopic (exact) mass is 362 g/mol. The summed E-state index contributed by atoms with van der Waals surface area (Å²) in [7, 11) is 2.04. The van der Waals surface area contributed by atoms with Crippen molar-refractivity contribution in [2.24, 2.45) is 5.92 Å². The number of aliphatic hydroxyl groups excluding tert-OH is 1. The second kappa shape index (κ2) is 8.09. The third-order valence-corrected chi connectivity index (χ3v) is 5.55. The summed E-state index contributed by atoms with van der Waals surface area (Å²) in [6.07, 6.45) is 10.0. The van der Waals surface area contributed by atoms with Crippen molar-refractivity contribution in [3.05, 3.63) is 48.0 Å². The zero-order chi connectivity index (χ0) is 18.6. The zero-order valence-electron chi connectivity index (χ0n) is 15.7. The number of aromatic nitrogens is 4. The summed E-state index contributed by atoms with van der Waals surface area (Å²) in [4.78, 5) is 9.13. The van der Waals surface area contributed by atoms with E-state index in [9.17, 15) is 5.11 Å². The van der Waals surface area contributed by atoms with Gasteiger partial charge >= 0.3 is 0 Å². The van der Waals surface area contributed by atoms with Crippen molar-refractivity contribution >= 4 is 24.2 Å². The number of pyridine rings is 1. The SMILES string of the molecule is C[B]c1cnn2c(NCc3cccnc3)cc([C@@H]3CCCC[C@@H]3CO)nc12. The maximum absolute atomic E-state index is 9.84. The molecule has 2 N–H and O–H groups in total. The van der Waals surface area contributed by atoms with Gasteiger partial charge < -0.3 is 10.4 Å². The third kappa shape index (κ3) is 3.69. The highest BCUT2D eigenvalue weighted by Gasteiger charge is 2.28. The standard InChI is InChI=1S/C20H25BN5O/c1-21-17-12-24-26-19(23-11-14-5-4-8-22-10-14)9-18(25-20(17)26)16-7-3-2-6-15(16)13-27/h4-5,8-10,12,15-16,23,27H,2-3,6-7,11,13H2,1H3/t15-,16-/m1/s1. The van der Waals surface area contributed by atoms with Crippen LogP contribution in [0, 0.1) is 5.92 Å². The van der Waals surface area contributed by atoms with Crippen LogP contribution in [0.15, 0.2) is 36.8 Å². The molecule has 1 aliphatic rings. The lowest BCUT2D eigenvalue weighted by molar-refractivity contribution is 0.168. The molecule has 0 amide bonds. The van der Waals surface area contributed by atoms with Crippen LogP contribution in [-0.4, -0.2) is 38.6 Å². The van der Waals surface area contributed by atoms with E-state index in [-0.39, 0.29) is 12.5 Å². The molecule has 3 heterocycles. The minimum atomic E-state index is 0.224. The Balaban J connectivity index is 1.71. The Morgan fingerprint density at radius 3 is 2.96 bits per heavy atom. The van der Waals surface area contributed by atoms with Gasteiger partial charge in [-0.15, -0.1) is 0 Å². The van der Waals surface area contributed by atoms with Gasteiger partial charge in [0.05, 0.1) is 0 Å². The highest BCUT2D eigenvalue weighted by Crippen LogP contribution is 2.37. The van der Waals surface area contributed by atoms with E-state index in [2.05, 4.69) is 27.5 Å². The number of hydrogen-bond acceptors (Lipinski definition) is 5. The van der Waals surface area contributed by atoms with E-state index in [0.29, 0.717) is 12.5 Å². The van der Waals surface area contributed by atoms with E-state index in [0.717, 1.165) is 41.0 Å². The molecule has 0 aromatic carbocycles. The highest BCUT2D eigenvalue weighted by atomic mass is 16.3. The molecule has 0 unspecified atom stereocenters. The Kier molecular flexibility index (Phi) is 5.39. The Bertz CT molecular complexity index is 898. The van der Waals surface area contributed by atoms with Crippen molar-refractivity contribution in [3.8, 4) is 0 Å². The molecule has 1 aliphatic carbocycles. The molecule has 2 atom stereocenters. The Labute approximate surface area is 160 Å². The average molecular weight is 362 g/mol. The molecule has 1 fully saturated rings. The second-order valence-electron chi connectivity index (χ2n) is 7.24. The summed E-state index contributed by atoms with van der Waals surface area (Å²) in [6.45, 7) is 2.90. The summed E-state index contributed by atoms with van der Waals surface area (Å²) < 4.78 is 1.87. The second-order valence-corrected chi connectivity index (χ2v) is 7.24.